The minimum absolute atomic E-state index is 0.197. The van der Waals surface area contributed by atoms with E-state index in [-0.39, 0.29) is 17.9 Å². The van der Waals surface area contributed by atoms with Gasteiger partial charge in [-0.2, -0.15) is 0 Å². The predicted octanol–water partition coefficient (Wildman–Crippen LogP) is 3.36. The summed E-state index contributed by atoms with van der Waals surface area (Å²) < 4.78 is 0. The van der Waals surface area contributed by atoms with Crippen molar-refractivity contribution in [1.82, 2.24) is 10.2 Å². The molecule has 3 rings (SSSR count). The summed E-state index contributed by atoms with van der Waals surface area (Å²) in [5, 5.41) is 3.26. The van der Waals surface area contributed by atoms with E-state index in [0.29, 0.717) is 11.8 Å². The molecule has 1 saturated heterocycles. The molecule has 3 nitrogen and oxygen atoms in total. The largest absolute Gasteiger partial charge is 0.349 e. The monoisotopic (exact) mass is 300 g/mol. The SMILES string of the molecule is CC1CCCC2C(=O)NC(c3ccc(CN(C)C)cc3)CC12. The van der Waals surface area contributed by atoms with Gasteiger partial charge in [0.1, 0.15) is 0 Å². The highest BCUT2D eigenvalue weighted by Crippen LogP contribution is 2.43. The van der Waals surface area contributed by atoms with E-state index in [0.717, 1.165) is 19.4 Å². The number of nitrogens with zero attached hydrogens (tertiary/aromatic N) is 1. The third-order valence-corrected chi connectivity index (χ3v) is 5.46. The van der Waals surface area contributed by atoms with Gasteiger partial charge in [-0.15, -0.1) is 0 Å². The Morgan fingerprint density at radius 3 is 2.59 bits per heavy atom. The first-order chi connectivity index (χ1) is 10.5. The van der Waals surface area contributed by atoms with Crippen LogP contribution >= 0.6 is 0 Å². The molecule has 0 bridgehead atoms. The highest BCUT2D eigenvalue weighted by molar-refractivity contribution is 5.80. The van der Waals surface area contributed by atoms with Gasteiger partial charge in [-0.05, 0) is 49.9 Å². The van der Waals surface area contributed by atoms with Crippen molar-refractivity contribution < 1.29 is 4.79 Å². The fourth-order valence-corrected chi connectivity index (χ4v) is 4.26. The molecule has 1 saturated carbocycles. The van der Waals surface area contributed by atoms with E-state index in [2.05, 4.69) is 55.5 Å². The average Bonchev–Trinajstić information content (AvgIpc) is 2.48. The lowest BCUT2D eigenvalue weighted by atomic mass is 9.67. The van der Waals surface area contributed by atoms with Crippen LogP contribution in [-0.4, -0.2) is 24.9 Å². The van der Waals surface area contributed by atoms with Crippen molar-refractivity contribution in [2.24, 2.45) is 17.8 Å². The topological polar surface area (TPSA) is 32.3 Å². The summed E-state index contributed by atoms with van der Waals surface area (Å²) in [6, 6.07) is 8.97. The van der Waals surface area contributed by atoms with E-state index in [1.54, 1.807) is 0 Å². The van der Waals surface area contributed by atoms with Crippen molar-refractivity contribution in [1.29, 1.82) is 0 Å². The van der Waals surface area contributed by atoms with Gasteiger partial charge in [-0.25, -0.2) is 0 Å². The van der Waals surface area contributed by atoms with Crippen LogP contribution in [0.4, 0.5) is 0 Å². The standard InChI is InChI=1S/C19H28N2O/c1-13-5-4-6-16-17(13)11-18(20-19(16)22)15-9-7-14(8-10-15)12-21(2)3/h7-10,13,16-18H,4-6,11-12H2,1-3H3,(H,20,22). The van der Waals surface area contributed by atoms with Crippen LogP contribution in [0.25, 0.3) is 0 Å². The number of carbonyl (C=O) groups excluding carboxylic acids is 1. The summed E-state index contributed by atoms with van der Waals surface area (Å²) >= 11 is 0. The Hall–Kier alpha value is -1.35. The van der Waals surface area contributed by atoms with E-state index in [4.69, 9.17) is 0 Å². The van der Waals surface area contributed by atoms with Crippen LogP contribution in [-0.2, 0) is 11.3 Å². The molecule has 1 aliphatic carbocycles. The van der Waals surface area contributed by atoms with E-state index < -0.39 is 0 Å². The molecule has 4 unspecified atom stereocenters. The van der Waals surface area contributed by atoms with E-state index in [9.17, 15) is 4.79 Å². The molecule has 1 aromatic carbocycles. The van der Waals surface area contributed by atoms with Crippen molar-refractivity contribution in [2.75, 3.05) is 14.1 Å². The summed E-state index contributed by atoms with van der Waals surface area (Å²) in [4.78, 5) is 14.6. The predicted molar refractivity (Wildman–Crippen MR) is 89.3 cm³/mol. The summed E-state index contributed by atoms with van der Waals surface area (Å²) in [6.45, 7) is 3.28. The zero-order valence-corrected chi connectivity index (χ0v) is 14.0. The second-order valence-electron chi connectivity index (χ2n) is 7.45. The van der Waals surface area contributed by atoms with Crippen LogP contribution in [0.5, 0.6) is 0 Å². The minimum Gasteiger partial charge on any atom is -0.349 e. The highest BCUT2D eigenvalue weighted by atomic mass is 16.2. The number of hydrogen-bond acceptors (Lipinski definition) is 2. The molecule has 1 amide bonds. The maximum absolute atomic E-state index is 12.5. The van der Waals surface area contributed by atoms with E-state index in [1.807, 2.05) is 0 Å². The van der Waals surface area contributed by atoms with Gasteiger partial charge in [0, 0.05) is 12.5 Å². The Morgan fingerprint density at radius 1 is 1.18 bits per heavy atom. The van der Waals surface area contributed by atoms with Crippen LogP contribution < -0.4 is 5.32 Å². The lowest BCUT2D eigenvalue weighted by Crippen LogP contribution is -2.47. The second kappa shape index (κ2) is 6.41. The number of amides is 1. The summed E-state index contributed by atoms with van der Waals surface area (Å²) in [7, 11) is 4.17. The van der Waals surface area contributed by atoms with Gasteiger partial charge in [-0.3, -0.25) is 4.79 Å². The lowest BCUT2D eigenvalue weighted by Gasteiger charge is -2.42. The van der Waals surface area contributed by atoms with Gasteiger partial charge in [0.15, 0.2) is 0 Å². The minimum atomic E-state index is 0.197. The van der Waals surface area contributed by atoms with Crippen molar-refractivity contribution in [2.45, 2.75) is 45.2 Å². The zero-order valence-electron chi connectivity index (χ0n) is 14.0. The van der Waals surface area contributed by atoms with Crippen LogP contribution in [0.2, 0.25) is 0 Å². The molecule has 120 valence electrons. The molecule has 2 fully saturated rings. The molecule has 22 heavy (non-hydrogen) atoms. The summed E-state index contributed by atoms with van der Waals surface area (Å²) in [6.07, 6.45) is 4.67. The molecule has 0 aromatic heterocycles. The molecule has 0 spiro atoms. The van der Waals surface area contributed by atoms with E-state index >= 15 is 0 Å². The summed E-state index contributed by atoms with van der Waals surface area (Å²) in [5.74, 6) is 1.78. The Kier molecular flexibility index (Phi) is 4.53. The van der Waals surface area contributed by atoms with Gasteiger partial charge >= 0.3 is 0 Å². The maximum Gasteiger partial charge on any atom is 0.223 e. The number of hydrogen-bond donors (Lipinski definition) is 1. The number of nitrogens with one attached hydrogen (secondary N) is 1. The van der Waals surface area contributed by atoms with Gasteiger partial charge in [0.05, 0.1) is 6.04 Å². The fraction of sp³-hybridized carbons (Fsp3) is 0.632. The van der Waals surface area contributed by atoms with Crippen LogP contribution in [0, 0.1) is 17.8 Å². The van der Waals surface area contributed by atoms with E-state index in [1.165, 1.54) is 24.0 Å². The Balaban J connectivity index is 1.73. The molecule has 1 aliphatic heterocycles. The third kappa shape index (κ3) is 3.19. The number of piperidine rings is 1. The maximum atomic E-state index is 12.5. The smallest absolute Gasteiger partial charge is 0.223 e. The molecule has 1 N–H and O–H groups in total. The van der Waals surface area contributed by atoms with Crippen LogP contribution in [0.3, 0.4) is 0 Å². The van der Waals surface area contributed by atoms with Gasteiger partial charge in [0.2, 0.25) is 5.91 Å². The quantitative estimate of drug-likeness (QED) is 0.928. The molecule has 1 aromatic rings. The number of benzene rings is 1. The van der Waals surface area contributed by atoms with Crippen molar-refractivity contribution in [3.05, 3.63) is 35.4 Å². The zero-order chi connectivity index (χ0) is 15.7. The molecule has 4 atom stereocenters. The number of rotatable bonds is 3. The number of carbonyl (C=O) groups is 1. The van der Waals surface area contributed by atoms with Gasteiger partial charge < -0.3 is 10.2 Å². The molecule has 3 heteroatoms. The summed E-state index contributed by atoms with van der Waals surface area (Å²) in [5.41, 5.74) is 2.58. The second-order valence-corrected chi connectivity index (χ2v) is 7.45. The molecular weight excluding hydrogens is 272 g/mol. The first kappa shape index (κ1) is 15.5. The lowest BCUT2D eigenvalue weighted by molar-refractivity contribution is -0.133. The van der Waals surface area contributed by atoms with Crippen molar-refractivity contribution in [3.8, 4) is 0 Å². The third-order valence-electron chi connectivity index (χ3n) is 5.46. The first-order valence-electron chi connectivity index (χ1n) is 8.58. The van der Waals surface area contributed by atoms with Crippen molar-refractivity contribution in [3.63, 3.8) is 0 Å². The normalized spacial score (nSPS) is 31.7. The van der Waals surface area contributed by atoms with Crippen LogP contribution in [0.1, 0.15) is 49.8 Å². The van der Waals surface area contributed by atoms with Crippen molar-refractivity contribution >= 4 is 5.91 Å². The molecular formula is C19H28N2O. The first-order valence-corrected chi connectivity index (χ1v) is 8.58. The van der Waals surface area contributed by atoms with Crippen LogP contribution in [0.15, 0.2) is 24.3 Å². The molecule has 1 heterocycles. The van der Waals surface area contributed by atoms with Gasteiger partial charge in [0.25, 0.3) is 0 Å². The highest BCUT2D eigenvalue weighted by Gasteiger charge is 2.41. The molecule has 2 aliphatic rings. The number of fused-ring (bicyclic) bond motifs is 1. The fourth-order valence-electron chi connectivity index (χ4n) is 4.26. The Bertz CT molecular complexity index is 523. The van der Waals surface area contributed by atoms with Gasteiger partial charge in [-0.1, -0.05) is 44.0 Å². The Morgan fingerprint density at radius 2 is 1.91 bits per heavy atom. The molecule has 0 radical (unpaired) electrons. The average molecular weight is 300 g/mol. The Labute approximate surface area is 134 Å².